The third kappa shape index (κ3) is 3.57. The van der Waals surface area contributed by atoms with Crippen LogP contribution in [0.15, 0.2) is 30.6 Å². The summed E-state index contributed by atoms with van der Waals surface area (Å²) in [5.74, 6) is 2.19. The van der Waals surface area contributed by atoms with Crippen LogP contribution in [0.1, 0.15) is 31.3 Å². The summed E-state index contributed by atoms with van der Waals surface area (Å²) in [5, 5.41) is 8.00. The van der Waals surface area contributed by atoms with Crippen LogP contribution < -0.4 is 10.1 Å². The first-order valence-electron chi connectivity index (χ1n) is 10.5. The summed E-state index contributed by atoms with van der Waals surface area (Å²) >= 11 is 6.43. The number of nitrogens with one attached hydrogen (secondary N) is 1. The number of halogens is 1. The lowest BCUT2D eigenvalue weighted by Gasteiger charge is -2.25. The lowest BCUT2D eigenvalue weighted by atomic mass is 10.1. The van der Waals surface area contributed by atoms with Gasteiger partial charge in [0.15, 0.2) is 17.2 Å². The molecule has 1 fully saturated rings. The fourth-order valence-corrected chi connectivity index (χ4v) is 4.41. The Labute approximate surface area is 190 Å². The van der Waals surface area contributed by atoms with E-state index in [4.69, 9.17) is 26.1 Å². The number of nitrogens with zero attached hydrogens (tertiary/aromatic N) is 6. The largest absolute Gasteiger partial charge is 0.494 e. The van der Waals surface area contributed by atoms with Gasteiger partial charge < -0.3 is 14.8 Å². The molecule has 4 heterocycles. The Bertz CT molecular complexity index is 1280. The summed E-state index contributed by atoms with van der Waals surface area (Å²) in [4.78, 5) is 13.7. The standard InChI is InChI=1S/C22H24ClN7O2/c1-13-26-19-16(11-17(23)28-22(19)30(13)18-9-4-5-10-32-18)27-15-8-6-7-14(20(15)31-3)21-24-12-25-29(21)2/h6-8,11-12,18H,4-5,9-10H2,1-3H3,(H,27,28). The number of anilines is 2. The van der Waals surface area contributed by atoms with Crippen LogP contribution in [0.3, 0.4) is 0 Å². The number of pyridine rings is 1. The van der Waals surface area contributed by atoms with Crippen LogP contribution in [0, 0.1) is 6.92 Å². The number of para-hydroxylation sites is 1. The predicted molar refractivity (Wildman–Crippen MR) is 122 cm³/mol. The molecule has 0 bridgehead atoms. The number of methoxy groups -OCH3 is 1. The molecule has 1 aliphatic heterocycles. The molecule has 10 heteroatoms. The molecule has 9 nitrogen and oxygen atoms in total. The molecule has 1 atom stereocenters. The van der Waals surface area contributed by atoms with Gasteiger partial charge in [0.2, 0.25) is 0 Å². The highest BCUT2D eigenvalue weighted by atomic mass is 35.5. The smallest absolute Gasteiger partial charge is 0.166 e. The molecule has 1 aromatic carbocycles. The maximum Gasteiger partial charge on any atom is 0.166 e. The zero-order valence-electron chi connectivity index (χ0n) is 18.2. The van der Waals surface area contributed by atoms with Crippen molar-refractivity contribution in [3.05, 3.63) is 41.6 Å². The third-order valence-electron chi connectivity index (χ3n) is 5.68. The van der Waals surface area contributed by atoms with Crippen LogP contribution >= 0.6 is 11.6 Å². The molecule has 1 aliphatic rings. The van der Waals surface area contributed by atoms with Crippen molar-refractivity contribution in [3.8, 4) is 17.1 Å². The number of aryl methyl sites for hydroxylation is 2. The number of hydrogen-bond acceptors (Lipinski definition) is 7. The number of benzene rings is 1. The van der Waals surface area contributed by atoms with Crippen molar-refractivity contribution in [1.82, 2.24) is 29.3 Å². The molecule has 166 valence electrons. The first-order chi connectivity index (χ1) is 15.6. The van der Waals surface area contributed by atoms with Gasteiger partial charge in [0.1, 0.15) is 29.0 Å². The van der Waals surface area contributed by atoms with E-state index in [1.165, 1.54) is 6.33 Å². The highest BCUT2D eigenvalue weighted by Crippen LogP contribution is 2.39. The predicted octanol–water partition coefficient (Wildman–Crippen LogP) is 4.64. The highest BCUT2D eigenvalue weighted by molar-refractivity contribution is 6.30. The van der Waals surface area contributed by atoms with Crippen LogP contribution in [-0.4, -0.2) is 43.0 Å². The molecule has 3 aromatic heterocycles. The van der Waals surface area contributed by atoms with Crippen molar-refractivity contribution >= 4 is 34.1 Å². The minimum absolute atomic E-state index is 0.0821. The van der Waals surface area contributed by atoms with Crippen molar-refractivity contribution < 1.29 is 9.47 Å². The van der Waals surface area contributed by atoms with Crippen LogP contribution in [0.25, 0.3) is 22.6 Å². The van der Waals surface area contributed by atoms with Crippen molar-refractivity contribution in [2.45, 2.75) is 32.4 Å². The molecule has 4 aromatic rings. The molecule has 5 rings (SSSR count). The fourth-order valence-electron chi connectivity index (χ4n) is 4.23. The van der Waals surface area contributed by atoms with Gasteiger partial charge in [-0.05, 0) is 38.3 Å². The summed E-state index contributed by atoms with van der Waals surface area (Å²) in [5.41, 5.74) is 3.76. The lowest BCUT2D eigenvalue weighted by Crippen LogP contribution is -2.19. The Morgan fingerprint density at radius 3 is 2.81 bits per heavy atom. The average molecular weight is 454 g/mol. The van der Waals surface area contributed by atoms with E-state index in [1.54, 1.807) is 17.9 Å². The molecule has 0 spiro atoms. The Morgan fingerprint density at radius 1 is 1.22 bits per heavy atom. The van der Waals surface area contributed by atoms with Gasteiger partial charge in [0, 0.05) is 19.7 Å². The molecule has 0 saturated carbocycles. The first-order valence-corrected chi connectivity index (χ1v) is 10.9. The van der Waals surface area contributed by atoms with Gasteiger partial charge in [-0.25, -0.2) is 19.6 Å². The molecule has 1 saturated heterocycles. The number of aromatic nitrogens is 6. The third-order valence-corrected chi connectivity index (χ3v) is 5.87. The second-order valence-corrected chi connectivity index (χ2v) is 8.12. The Hall–Kier alpha value is -3.17. The minimum Gasteiger partial charge on any atom is -0.494 e. The molecule has 0 amide bonds. The van der Waals surface area contributed by atoms with E-state index in [9.17, 15) is 0 Å². The number of ether oxygens (including phenoxy) is 2. The maximum absolute atomic E-state index is 6.43. The Kier molecular flexibility index (Phi) is 5.44. The second kappa shape index (κ2) is 8.40. The quantitative estimate of drug-likeness (QED) is 0.440. The van der Waals surface area contributed by atoms with E-state index in [2.05, 4.69) is 20.4 Å². The van der Waals surface area contributed by atoms with E-state index in [0.29, 0.717) is 22.4 Å². The lowest BCUT2D eigenvalue weighted by molar-refractivity contribution is -0.0309. The number of imidazole rings is 1. The molecular weight excluding hydrogens is 430 g/mol. The van der Waals surface area contributed by atoms with Crippen LogP contribution in [0.2, 0.25) is 5.15 Å². The van der Waals surface area contributed by atoms with E-state index < -0.39 is 0 Å². The van der Waals surface area contributed by atoms with Gasteiger partial charge in [-0.2, -0.15) is 5.10 Å². The normalized spacial score (nSPS) is 16.4. The zero-order valence-corrected chi connectivity index (χ0v) is 18.9. The first kappa shape index (κ1) is 20.7. The number of hydrogen-bond donors (Lipinski definition) is 1. The fraction of sp³-hybridized carbons (Fsp3) is 0.364. The molecule has 1 N–H and O–H groups in total. The SMILES string of the molecule is COc1c(Nc2cc(Cl)nc3c2nc(C)n3C2CCCCO2)cccc1-c1ncnn1C. The van der Waals surface area contributed by atoms with Gasteiger partial charge in [-0.15, -0.1) is 0 Å². The van der Waals surface area contributed by atoms with Gasteiger partial charge in [-0.1, -0.05) is 17.7 Å². The summed E-state index contributed by atoms with van der Waals surface area (Å²) in [6, 6.07) is 7.60. The van der Waals surface area contributed by atoms with Gasteiger partial charge in [-0.3, -0.25) is 4.57 Å². The van der Waals surface area contributed by atoms with Crippen LogP contribution in [-0.2, 0) is 11.8 Å². The van der Waals surface area contributed by atoms with E-state index in [1.807, 2.05) is 36.7 Å². The van der Waals surface area contributed by atoms with Crippen molar-refractivity contribution in [2.24, 2.45) is 7.05 Å². The van der Waals surface area contributed by atoms with Crippen LogP contribution in [0.5, 0.6) is 5.75 Å². The Balaban J connectivity index is 1.60. The minimum atomic E-state index is -0.0821. The topological polar surface area (TPSA) is 91.9 Å². The highest BCUT2D eigenvalue weighted by Gasteiger charge is 2.24. The molecule has 1 unspecified atom stereocenters. The van der Waals surface area contributed by atoms with Gasteiger partial charge in [0.25, 0.3) is 0 Å². The summed E-state index contributed by atoms with van der Waals surface area (Å²) < 4.78 is 15.5. The van der Waals surface area contributed by atoms with E-state index in [0.717, 1.165) is 54.1 Å². The van der Waals surface area contributed by atoms with Gasteiger partial charge in [0.05, 0.1) is 24.0 Å². The van der Waals surface area contributed by atoms with Crippen molar-refractivity contribution in [1.29, 1.82) is 0 Å². The van der Waals surface area contributed by atoms with E-state index in [-0.39, 0.29) is 6.23 Å². The van der Waals surface area contributed by atoms with Crippen molar-refractivity contribution in [2.75, 3.05) is 19.0 Å². The molecular formula is C22H24ClN7O2. The molecule has 32 heavy (non-hydrogen) atoms. The second-order valence-electron chi connectivity index (χ2n) is 7.73. The summed E-state index contributed by atoms with van der Waals surface area (Å²) in [6.07, 6.45) is 4.55. The zero-order chi connectivity index (χ0) is 22.2. The Morgan fingerprint density at radius 2 is 2.09 bits per heavy atom. The van der Waals surface area contributed by atoms with Gasteiger partial charge >= 0.3 is 0 Å². The van der Waals surface area contributed by atoms with Crippen LogP contribution in [0.4, 0.5) is 11.4 Å². The molecule has 0 radical (unpaired) electrons. The monoisotopic (exact) mass is 453 g/mol. The maximum atomic E-state index is 6.43. The van der Waals surface area contributed by atoms with Crippen molar-refractivity contribution in [3.63, 3.8) is 0 Å². The summed E-state index contributed by atoms with van der Waals surface area (Å²) in [6.45, 7) is 2.70. The summed E-state index contributed by atoms with van der Waals surface area (Å²) in [7, 11) is 3.48. The average Bonchev–Trinajstić information content (AvgIpc) is 3.36. The number of fused-ring (bicyclic) bond motifs is 1. The van der Waals surface area contributed by atoms with E-state index >= 15 is 0 Å². The molecule has 0 aliphatic carbocycles. The number of rotatable bonds is 5.